The number of nitrogens with two attached hydrogens (primary N) is 1. The molecule has 110 valence electrons. The molecule has 0 aromatic carbocycles. The highest BCUT2D eigenvalue weighted by molar-refractivity contribution is 7.98. The molecular formula is C15H34N2S. The van der Waals surface area contributed by atoms with E-state index in [1.165, 1.54) is 44.3 Å². The molecule has 2 nitrogen and oxygen atoms in total. The number of rotatable bonds is 11. The summed E-state index contributed by atoms with van der Waals surface area (Å²) in [5.74, 6) is 1.21. The summed E-state index contributed by atoms with van der Waals surface area (Å²) in [5.41, 5.74) is 6.23. The molecule has 0 aliphatic rings. The van der Waals surface area contributed by atoms with Crippen LogP contribution in [0.5, 0.6) is 0 Å². The van der Waals surface area contributed by atoms with E-state index in [0.29, 0.717) is 6.04 Å². The van der Waals surface area contributed by atoms with Crippen molar-refractivity contribution in [1.82, 2.24) is 4.90 Å². The number of thioether (sulfide) groups is 1. The van der Waals surface area contributed by atoms with Crippen LogP contribution in [-0.4, -0.2) is 42.1 Å². The quantitative estimate of drug-likeness (QED) is 0.582. The highest BCUT2D eigenvalue weighted by Crippen LogP contribution is 2.25. The monoisotopic (exact) mass is 274 g/mol. The Morgan fingerprint density at radius 1 is 1.22 bits per heavy atom. The number of hydrogen-bond donors (Lipinski definition) is 1. The van der Waals surface area contributed by atoms with Crippen molar-refractivity contribution >= 4 is 11.8 Å². The Bertz CT molecular complexity index is 199. The lowest BCUT2D eigenvalue weighted by Crippen LogP contribution is -2.54. The summed E-state index contributed by atoms with van der Waals surface area (Å²) < 4.78 is 0. The van der Waals surface area contributed by atoms with Crippen molar-refractivity contribution in [2.75, 3.05) is 25.6 Å². The van der Waals surface area contributed by atoms with E-state index in [1.54, 1.807) is 0 Å². The third-order valence-electron chi connectivity index (χ3n) is 4.24. The van der Waals surface area contributed by atoms with Crippen LogP contribution in [-0.2, 0) is 0 Å². The van der Waals surface area contributed by atoms with Gasteiger partial charge in [-0.15, -0.1) is 0 Å². The molecular weight excluding hydrogens is 240 g/mol. The van der Waals surface area contributed by atoms with Crippen LogP contribution in [0, 0.1) is 0 Å². The molecule has 0 radical (unpaired) electrons. The average Bonchev–Trinajstić information content (AvgIpc) is 2.40. The van der Waals surface area contributed by atoms with Gasteiger partial charge in [-0.25, -0.2) is 0 Å². The van der Waals surface area contributed by atoms with Crippen molar-refractivity contribution in [2.45, 2.75) is 70.9 Å². The summed E-state index contributed by atoms with van der Waals surface area (Å²) in [6, 6.07) is 0.653. The minimum Gasteiger partial charge on any atom is -0.329 e. The van der Waals surface area contributed by atoms with Crippen LogP contribution in [0.4, 0.5) is 0 Å². The van der Waals surface area contributed by atoms with Gasteiger partial charge in [0.2, 0.25) is 0 Å². The molecule has 3 heteroatoms. The second-order valence-electron chi connectivity index (χ2n) is 5.64. The van der Waals surface area contributed by atoms with E-state index < -0.39 is 0 Å². The van der Waals surface area contributed by atoms with Gasteiger partial charge in [0.15, 0.2) is 0 Å². The van der Waals surface area contributed by atoms with Gasteiger partial charge in [0.05, 0.1) is 0 Å². The Labute approximate surface area is 119 Å². The molecule has 0 aliphatic carbocycles. The molecule has 0 spiro atoms. The third kappa shape index (κ3) is 5.94. The fraction of sp³-hybridized carbons (Fsp3) is 1.00. The molecule has 18 heavy (non-hydrogen) atoms. The lowest BCUT2D eigenvalue weighted by molar-refractivity contribution is 0.0894. The van der Waals surface area contributed by atoms with E-state index in [0.717, 1.165) is 6.54 Å². The van der Waals surface area contributed by atoms with Crippen LogP contribution in [0.1, 0.15) is 59.3 Å². The van der Waals surface area contributed by atoms with Crippen molar-refractivity contribution in [3.05, 3.63) is 0 Å². The van der Waals surface area contributed by atoms with Gasteiger partial charge in [0.25, 0.3) is 0 Å². The minimum atomic E-state index is 0.171. The zero-order chi connectivity index (χ0) is 14.0. The van der Waals surface area contributed by atoms with E-state index in [4.69, 9.17) is 5.73 Å². The number of unbranched alkanes of at least 4 members (excludes halogenated alkanes) is 3. The molecule has 0 fully saturated rings. The van der Waals surface area contributed by atoms with E-state index in [2.05, 4.69) is 39.0 Å². The predicted octanol–water partition coefficient (Wildman–Crippen LogP) is 3.75. The fourth-order valence-corrected chi connectivity index (χ4v) is 3.34. The largest absolute Gasteiger partial charge is 0.329 e. The molecule has 0 aliphatic heterocycles. The van der Waals surface area contributed by atoms with E-state index in [-0.39, 0.29) is 5.54 Å². The highest BCUT2D eigenvalue weighted by Gasteiger charge is 2.31. The first kappa shape index (κ1) is 18.3. The maximum atomic E-state index is 6.06. The van der Waals surface area contributed by atoms with Crippen molar-refractivity contribution in [2.24, 2.45) is 5.73 Å². The summed E-state index contributed by atoms with van der Waals surface area (Å²) in [6.45, 7) is 7.65. The van der Waals surface area contributed by atoms with Gasteiger partial charge in [-0.3, -0.25) is 4.90 Å². The first-order valence-corrected chi connectivity index (χ1v) is 8.87. The van der Waals surface area contributed by atoms with Gasteiger partial charge in [-0.2, -0.15) is 11.8 Å². The molecule has 2 N–H and O–H groups in total. The second kappa shape index (κ2) is 10.1. The van der Waals surface area contributed by atoms with Gasteiger partial charge < -0.3 is 5.73 Å². The Morgan fingerprint density at radius 2 is 1.89 bits per heavy atom. The lowest BCUT2D eigenvalue weighted by atomic mass is 9.91. The van der Waals surface area contributed by atoms with Gasteiger partial charge >= 0.3 is 0 Å². The highest BCUT2D eigenvalue weighted by atomic mass is 32.2. The zero-order valence-electron chi connectivity index (χ0n) is 13.2. The van der Waals surface area contributed by atoms with E-state index in [9.17, 15) is 0 Å². The van der Waals surface area contributed by atoms with Crippen LogP contribution in [0.15, 0.2) is 0 Å². The van der Waals surface area contributed by atoms with Crippen LogP contribution >= 0.6 is 11.8 Å². The summed E-state index contributed by atoms with van der Waals surface area (Å²) in [6.07, 6.45) is 9.94. The van der Waals surface area contributed by atoms with Crippen LogP contribution in [0.3, 0.4) is 0 Å². The van der Waals surface area contributed by atoms with Gasteiger partial charge in [-0.1, -0.05) is 39.5 Å². The zero-order valence-corrected chi connectivity index (χ0v) is 14.0. The van der Waals surface area contributed by atoms with E-state index >= 15 is 0 Å². The molecule has 2 atom stereocenters. The Hall–Kier alpha value is 0.270. The van der Waals surface area contributed by atoms with Crippen molar-refractivity contribution in [3.63, 3.8) is 0 Å². The summed E-state index contributed by atoms with van der Waals surface area (Å²) in [4.78, 5) is 2.54. The average molecular weight is 275 g/mol. The Balaban J connectivity index is 4.39. The molecule has 0 bridgehead atoms. The normalized spacial score (nSPS) is 16.8. The molecule has 0 saturated heterocycles. The topological polar surface area (TPSA) is 29.3 Å². The third-order valence-corrected chi connectivity index (χ3v) is 4.96. The maximum absolute atomic E-state index is 6.06. The standard InChI is InChI=1S/C15H34N2S/c1-6-8-9-10-11-15(3,13-16)17(4)14(7-2)12-18-5/h14H,6-13,16H2,1-5H3. The van der Waals surface area contributed by atoms with Crippen LogP contribution < -0.4 is 5.73 Å². The van der Waals surface area contributed by atoms with E-state index in [1.807, 2.05) is 11.8 Å². The fourth-order valence-electron chi connectivity index (χ4n) is 2.49. The summed E-state index contributed by atoms with van der Waals surface area (Å²) >= 11 is 1.94. The van der Waals surface area contributed by atoms with Gasteiger partial charge in [-0.05, 0) is 33.1 Å². The first-order valence-electron chi connectivity index (χ1n) is 7.47. The molecule has 0 rings (SSSR count). The van der Waals surface area contributed by atoms with Gasteiger partial charge in [0, 0.05) is 23.9 Å². The van der Waals surface area contributed by atoms with Crippen LogP contribution in [0.25, 0.3) is 0 Å². The van der Waals surface area contributed by atoms with Crippen molar-refractivity contribution in [3.8, 4) is 0 Å². The van der Waals surface area contributed by atoms with Crippen molar-refractivity contribution in [1.29, 1.82) is 0 Å². The van der Waals surface area contributed by atoms with Crippen LogP contribution in [0.2, 0.25) is 0 Å². The SMILES string of the molecule is CCCCCCC(C)(CN)N(C)C(CC)CSC. The van der Waals surface area contributed by atoms with Gasteiger partial charge in [0.1, 0.15) is 0 Å². The molecule has 0 aromatic heterocycles. The number of nitrogens with zero attached hydrogens (tertiary/aromatic N) is 1. The minimum absolute atomic E-state index is 0.171. The van der Waals surface area contributed by atoms with Crippen molar-refractivity contribution < 1.29 is 0 Å². The second-order valence-corrected chi connectivity index (χ2v) is 6.55. The molecule has 2 unspecified atom stereocenters. The lowest BCUT2D eigenvalue weighted by Gasteiger charge is -2.43. The Kier molecular flexibility index (Phi) is 10.3. The number of hydrogen-bond acceptors (Lipinski definition) is 3. The summed E-state index contributed by atoms with van der Waals surface area (Å²) in [7, 11) is 2.26. The first-order chi connectivity index (χ1) is 8.55. The molecule has 0 aromatic rings. The number of likely N-dealkylation sites (N-methyl/N-ethyl adjacent to an activating group) is 1. The maximum Gasteiger partial charge on any atom is 0.0303 e. The predicted molar refractivity (Wildman–Crippen MR) is 86.4 cm³/mol. The smallest absolute Gasteiger partial charge is 0.0303 e. The molecule has 0 saturated carbocycles. The Morgan fingerprint density at radius 3 is 2.33 bits per heavy atom. The molecule has 0 amide bonds. The molecule has 0 heterocycles. The summed E-state index contributed by atoms with van der Waals surface area (Å²) in [5, 5.41) is 0.